The summed E-state index contributed by atoms with van der Waals surface area (Å²) in [7, 11) is 3.98. The standard InChI is InChI=1S/C31H36ClN7O3/c1-38(2)17-6-16-34-31(41)42-24-13-11-22(12-14-24)27-26(32)19-25-28(36-30(40)23-8-5-15-33-20-23)37-39(29(25)35-27)18-4-3-7-21-9-10-21/h5,8,11-15,19-21H,3-4,6-7,9-10,16-18H2,1-2H3,(H,34,41)(H,36,37,40). The predicted octanol–water partition coefficient (Wildman–Crippen LogP) is 6.02. The van der Waals surface area contributed by atoms with Crippen molar-refractivity contribution in [1.29, 1.82) is 0 Å². The Morgan fingerprint density at radius 2 is 1.93 bits per heavy atom. The SMILES string of the molecule is CN(C)CCCNC(=O)Oc1ccc(-c2nc3c(cc2Cl)c(NC(=O)c2cccnc2)nn3CCCCC2CC2)cc1. The highest BCUT2D eigenvalue weighted by Crippen LogP contribution is 2.35. The first-order valence-corrected chi connectivity index (χ1v) is 14.7. The highest BCUT2D eigenvalue weighted by atomic mass is 35.5. The van der Waals surface area contributed by atoms with Crippen molar-refractivity contribution in [3.05, 3.63) is 65.4 Å². The van der Waals surface area contributed by atoms with E-state index in [2.05, 4.69) is 20.5 Å². The Morgan fingerprint density at radius 1 is 1.12 bits per heavy atom. The summed E-state index contributed by atoms with van der Waals surface area (Å²) in [6.45, 7) is 2.09. The number of halogens is 1. The molecule has 0 bridgehead atoms. The fraction of sp³-hybridized carbons (Fsp3) is 0.387. The molecule has 0 saturated heterocycles. The van der Waals surface area contributed by atoms with Crippen molar-refractivity contribution in [3.63, 3.8) is 0 Å². The van der Waals surface area contributed by atoms with Crippen molar-refractivity contribution < 1.29 is 14.3 Å². The number of benzene rings is 1. The molecular formula is C31H36ClN7O3. The molecule has 0 aliphatic heterocycles. The molecule has 10 nitrogen and oxygen atoms in total. The lowest BCUT2D eigenvalue weighted by Gasteiger charge is -2.10. The minimum absolute atomic E-state index is 0.305. The van der Waals surface area contributed by atoms with Crippen molar-refractivity contribution in [2.75, 3.05) is 32.5 Å². The zero-order chi connectivity index (χ0) is 29.5. The number of nitrogens with zero attached hydrogens (tertiary/aromatic N) is 5. The van der Waals surface area contributed by atoms with Crippen LogP contribution in [0, 0.1) is 5.92 Å². The molecule has 5 rings (SSSR count). The Morgan fingerprint density at radius 3 is 2.64 bits per heavy atom. The summed E-state index contributed by atoms with van der Waals surface area (Å²) in [5.74, 6) is 1.39. The summed E-state index contributed by atoms with van der Waals surface area (Å²) in [4.78, 5) is 36.0. The number of fused-ring (bicyclic) bond motifs is 1. The summed E-state index contributed by atoms with van der Waals surface area (Å²) in [6, 6.07) is 12.3. The van der Waals surface area contributed by atoms with E-state index in [0.717, 1.165) is 37.3 Å². The number of rotatable bonds is 13. The normalized spacial score (nSPS) is 13.0. The monoisotopic (exact) mass is 589 g/mol. The molecule has 3 aromatic heterocycles. The van der Waals surface area contributed by atoms with Crippen LogP contribution in [0.5, 0.6) is 5.75 Å². The number of hydrogen-bond donors (Lipinski definition) is 2. The number of aryl methyl sites for hydroxylation is 1. The fourth-order valence-electron chi connectivity index (χ4n) is 4.71. The Bertz CT molecular complexity index is 1520. The lowest BCUT2D eigenvalue weighted by atomic mass is 10.1. The molecule has 2 amide bonds. The molecule has 11 heteroatoms. The minimum Gasteiger partial charge on any atom is -0.410 e. The molecule has 0 unspecified atom stereocenters. The number of nitrogens with one attached hydrogen (secondary N) is 2. The number of unbranched alkanes of at least 4 members (excludes halogenated alkanes) is 1. The molecule has 1 saturated carbocycles. The van der Waals surface area contributed by atoms with Crippen LogP contribution in [-0.4, -0.2) is 63.8 Å². The molecule has 42 heavy (non-hydrogen) atoms. The van der Waals surface area contributed by atoms with Crippen LogP contribution in [0.15, 0.2) is 54.9 Å². The maximum absolute atomic E-state index is 12.9. The molecule has 0 spiro atoms. The maximum atomic E-state index is 12.9. The second kappa shape index (κ2) is 13.8. The van der Waals surface area contributed by atoms with Crippen LogP contribution in [0.4, 0.5) is 10.6 Å². The van der Waals surface area contributed by atoms with Gasteiger partial charge in [-0.15, -0.1) is 0 Å². The fourth-order valence-corrected chi connectivity index (χ4v) is 4.97. The third kappa shape index (κ3) is 7.83. The average Bonchev–Trinajstić information content (AvgIpc) is 3.76. The first-order valence-electron chi connectivity index (χ1n) is 14.4. The van der Waals surface area contributed by atoms with E-state index < -0.39 is 6.09 Å². The van der Waals surface area contributed by atoms with E-state index in [-0.39, 0.29) is 5.91 Å². The van der Waals surface area contributed by atoms with Crippen LogP contribution in [-0.2, 0) is 6.54 Å². The Balaban J connectivity index is 1.34. The zero-order valence-electron chi connectivity index (χ0n) is 24.0. The van der Waals surface area contributed by atoms with Crippen LogP contribution >= 0.6 is 11.6 Å². The van der Waals surface area contributed by atoms with E-state index in [1.807, 2.05) is 30.9 Å². The van der Waals surface area contributed by atoms with Crippen LogP contribution in [0.1, 0.15) is 48.9 Å². The highest BCUT2D eigenvalue weighted by Gasteiger charge is 2.21. The van der Waals surface area contributed by atoms with E-state index in [0.29, 0.717) is 52.0 Å². The summed E-state index contributed by atoms with van der Waals surface area (Å²) >= 11 is 6.74. The quantitative estimate of drug-likeness (QED) is 0.183. The van der Waals surface area contributed by atoms with Gasteiger partial charge in [0.15, 0.2) is 11.5 Å². The topological polar surface area (TPSA) is 114 Å². The summed E-state index contributed by atoms with van der Waals surface area (Å²) in [6.07, 6.45) is 9.46. The second-order valence-corrected chi connectivity index (χ2v) is 11.3. The summed E-state index contributed by atoms with van der Waals surface area (Å²) in [5, 5.41) is 11.5. The number of amides is 2. The van der Waals surface area contributed by atoms with Gasteiger partial charge < -0.3 is 20.3 Å². The van der Waals surface area contributed by atoms with Gasteiger partial charge in [-0.05, 0) is 81.9 Å². The van der Waals surface area contributed by atoms with E-state index in [4.69, 9.17) is 26.4 Å². The van der Waals surface area contributed by atoms with Gasteiger partial charge >= 0.3 is 6.09 Å². The van der Waals surface area contributed by atoms with Gasteiger partial charge in [0.2, 0.25) is 0 Å². The van der Waals surface area contributed by atoms with Gasteiger partial charge in [-0.3, -0.25) is 9.78 Å². The van der Waals surface area contributed by atoms with Gasteiger partial charge in [0.1, 0.15) is 5.75 Å². The summed E-state index contributed by atoms with van der Waals surface area (Å²) < 4.78 is 7.26. The Labute approximate surface area is 250 Å². The van der Waals surface area contributed by atoms with Crippen LogP contribution in [0.2, 0.25) is 5.02 Å². The Hall–Kier alpha value is -4.02. The molecule has 4 aromatic rings. The molecular weight excluding hydrogens is 554 g/mol. The molecule has 2 N–H and O–H groups in total. The number of pyridine rings is 2. The number of carbonyl (C=O) groups excluding carboxylic acids is 2. The van der Waals surface area contributed by atoms with Gasteiger partial charge in [0.25, 0.3) is 5.91 Å². The molecule has 1 aliphatic rings. The molecule has 3 heterocycles. The van der Waals surface area contributed by atoms with Crippen molar-refractivity contribution in [2.24, 2.45) is 5.92 Å². The van der Waals surface area contributed by atoms with E-state index in [1.165, 1.54) is 25.5 Å². The van der Waals surface area contributed by atoms with E-state index in [9.17, 15) is 9.59 Å². The van der Waals surface area contributed by atoms with Crippen LogP contribution in [0.3, 0.4) is 0 Å². The number of aromatic nitrogens is 4. The lowest BCUT2D eigenvalue weighted by molar-refractivity contribution is 0.102. The van der Waals surface area contributed by atoms with Crippen molar-refractivity contribution in [3.8, 4) is 17.0 Å². The van der Waals surface area contributed by atoms with E-state index in [1.54, 1.807) is 36.5 Å². The molecule has 0 radical (unpaired) electrons. The third-order valence-corrected chi connectivity index (χ3v) is 7.44. The average molecular weight is 590 g/mol. The largest absolute Gasteiger partial charge is 0.412 e. The van der Waals surface area contributed by atoms with Crippen LogP contribution in [0.25, 0.3) is 22.3 Å². The molecule has 1 aliphatic carbocycles. The molecule has 220 valence electrons. The van der Waals surface area contributed by atoms with E-state index >= 15 is 0 Å². The number of ether oxygens (including phenoxy) is 1. The Kier molecular flexibility index (Phi) is 9.66. The molecule has 1 aromatic carbocycles. The first kappa shape index (κ1) is 29.5. The zero-order valence-corrected chi connectivity index (χ0v) is 24.7. The van der Waals surface area contributed by atoms with Gasteiger partial charge in [0.05, 0.1) is 21.7 Å². The molecule has 1 fully saturated rings. The van der Waals surface area contributed by atoms with Gasteiger partial charge in [0, 0.05) is 31.0 Å². The second-order valence-electron chi connectivity index (χ2n) is 10.9. The van der Waals surface area contributed by atoms with Crippen molar-refractivity contribution >= 4 is 40.5 Å². The van der Waals surface area contributed by atoms with Gasteiger partial charge in [-0.2, -0.15) is 5.10 Å². The van der Waals surface area contributed by atoms with Gasteiger partial charge in [-0.1, -0.05) is 37.3 Å². The van der Waals surface area contributed by atoms with Crippen molar-refractivity contribution in [1.82, 2.24) is 30.0 Å². The minimum atomic E-state index is -0.495. The molecule has 0 atom stereocenters. The highest BCUT2D eigenvalue weighted by molar-refractivity contribution is 6.34. The van der Waals surface area contributed by atoms with Crippen LogP contribution < -0.4 is 15.4 Å². The van der Waals surface area contributed by atoms with Gasteiger partial charge in [-0.25, -0.2) is 14.5 Å². The number of hydrogen-bond acceptors (Lipinski definition) is 7. The van der Waals surface area contributed by atoms with Crippen molar-refractivity contribution in [2.45, 2.75) is 45.1 Å². The number of anilines is 1. The predicted molar refractivity (Wildman–Crippen MR) is 164 cm³/mol. The smallest absolute Gasteiger partial charge is 0.410 e. The maximum Gasteiger partial charge on any atom is 0.412 e. The lowest BCUT2D eigenvalue weighted by Crippen LogP contribution is -2.29. The summed E-state index contributed by atoms with van der Waals surface area (Å²) in [5.41, 5.74) is 2.42. The first-order chi connectivity index (χ1) is 20.4. The number of carbonyl (C=O) groups is 2. The third-order valence-electron chi connectivity index (χ3n) is 7.15.